The molecule has 0 unspecified atom stereocenters. The van der Waals surface area contributed by atoms with Crippen molar-refractivity contribution in [3.05, 3.63) is 29.7 Å². The Bertz CT molecular complexity index is 592. The number of aromatic nitrogens is 4. The van der Waals surface area contributed by atoms with E-state index in [2.05, 4.69) is 20.4 Å². The fourth-order valence-corrected chi connectivity index (χ4v) is 1.59. The number of alkyl halides is 3. The van der Waals surface area contributed by atoms with Crippen LogP contribution in [-0.2, 0) is 12.7 Å². The van der Waals surface area contributed by atoms with E-state index in [9.17, 15) is 13.2 Å². The monoisotopic (exact) mass is 286 g/mol. The molecule has 9 heteroatoms. The molecule has 0 aromatic carbocycles. The van der Waals surface area contributed by atoms with E-state index in [1.54, 1.807) is 10.9 Å². The summed E-state index contributed by atoms with van der Waals surface area (Å²) in [7, 11) is 0. The molecule has 2 heterocycles. The van der Waals surface area contributed by atoms with Crippen LogP contribution in [0.5, 0.6) is 0 Å². The van der Waals surface area contributed by atoms with Gasteiger partial charge in [0.15, 0.2) is 5.69 Å². The standard InChI is InChI=1S/C11H13F3N6/c1-7-5-17-20(6-7)3-2-16-9-4-8(11(12,13)14)18-10(15)19-9/h4-6H,2-3H2,1H3,(H3,15,16,18,19). The Morgan fingerprint density at radius 3 is 2.70 bits per heavy atom. The highest BCUT2D eigenvalue weighted by atomic mass is 19.4. The third-order valence-electron chi connectivity index (χ3n) is 2.44. The lowest BCUT2D eigenvalue weighted by Gasteiger charge is -2.10. The number of nitrogens with two attached hydrogens (primary N) is 1. The Morgan fingerprint density at radius 1 is 1.35 bits per heavy atom. The predicted octanol–water partition coefficient (Wildman–Crippen LogP) is 1.69. The molecule has 0 radical (unpaired) electrons. The Morgan fingerprint density at radius 2 is 2.10 bits per heavy atom. The summed E-state index contributed by atoms with van der Waals surface area (Å²) in [6, 6.07) is 0.824. The minimum atomic E-state index is -4.55. The molecule has 0 fully saturated rings. The Balaban J connectivity index is 2.00. The van der Waals surface area contributed by atoms with Crippen molar-refractivity contribution in [2.75, 3.05) is 17.6 Å². The van der Waals surface area contributed by atoms with Gasteiger partial charge in [-0.25, -0.2) is 4.98 Å². The van der Waals surface area contributed by atoms with Crippen LogP contribution in [0.25, 0.3) is 0 Å². The minimum absolute atomic E-state index is 0.0358. The molecule has 2 aromatic rings. The smallest absolute Gasteiger partial charge is 0.368 e. The molecule has 0 atom stereocenters. The molecule has 3 N–H and O–H groups in total. The lowest BCUT2D eigenvalue weighted by atomic mass is 10.3. The van der Waals surface area contributed by atoms with E-state index in [-0.39, 0.29) is 5.82 Å². The SMILES string of the molecule is Cc1cnn(CCNc2cc(C(F)(F)F)nc(N)n2)c1. The maximum Gasteiger partial charge on any atom is 0.433 e. The van der Waals surface area contributed by atoms with Crippen molar-refractivity contribution in [2.45, 2.75) is 19.6 Å². The Labute approximate surface area is 112 Å². The van der Waals surface area contributed by atoms with E-state index < -0.39 is 17.8 Å². The van der Waals surface area contributed by atoms with Crippen molar-refractivity contribution in [1.82, 2.24) is 19.7 Å². The molecule has 0 amide bonds. The molecular formula is C11H13F3N6. The second-order valence-corrected chi connectivity index (χ2v) is 4.20. The molecule has 0 aliphatic heterocycles. The first kappa shape index (κ1) is 14.1. The summed E-state index contributed by atoms with van der Waals surface area (Å²) < 4.78 is 39.3. The zero-order valence-electron chi connectivity index (χ0n) is 10.6. The van der Waals surface area contributed by atoms with Gasteiger partial charge >= 0.3 is 6.18 Å². The van der Waals surface area contributed by atoms with Gasteiger partial charge < -0.3 is 11.1 Å². The van der Waals surface area contributed by atoms with Gasteiger partial charge in [0.05, 0.1) is 12.7 Å². The van der Waals surface area contributed by atoms with Crippen LogP contribution in [-0.4, -0.2) is 26.3 Å². The lowest BCUT2D eigenvalue weighted by Crippen LogP contribution is -2.15. The van der Waals surface area contributed by atoms with Crippen molar-refractivity contribution < 1.29 is 13.2 Å². The highest BCUT2D eigenvalue weighted by molar-refractivity contribution is 5.41. The van der Waals surface area contributed by atoms with E-state index in [1.165, 1.54) is 0 Å². The molecule has 0 spiro atoms. The predicted molar refractivity (Wildman–Crippen MR) is 66.9 cm³/mol. The van der Waals surface area contributed by atoms with Crippen LogP contribution in [0.2, 0.25) is 0 Å². The zero-order chi connectivity index (χ0) is 14.8. The Kier molecular flexibility index (Phi) is 3.77. The van der Waals surface area contributed by atoms with Gasteiger partial charge in [0.1, 0.15) is 5.82 Å². The van der Waals surface area contributed by atoms with Crippen LogP contribution in [0.15, 0.2) is 18.5 Å². The summed E-state index contributed by atoms with van der Waals surface area (Å²) in [4.78, 5) is 6.87. The van der Waals surface area contributed by atoms with Crippen molar-refractivity contribution in [3.63, 3.8) is 0 Å². The first-order chi connectivity index (χ1) is 9.34. The molecular weight excluding hydrogens is 273 g/mol. The van der Waals surface area contributed by atoms with Crippen LogP contribution < -0.4 is 11.1 Å². The number of nitrogens with zero attached hydrogens (tertiary/aromatic N) is 4. The first-order valence-corrected chi connectivity index (χ1v) is 5.79. The van der Waals surface area contributed by atoms with Crippen molar-refractivity contribution >= 4 is 11.8 Å². The first-order valence-electron chi connectivity index (χ1n) is 5.79. The van der Waals surface area contributed by atoms with Crippen LogP contribution in [0, 0.1) is 6.92 Å². The third-order valence-corrected chi connectivity index (χ3v) is 2.44. The van der Waals surface area contributed by atoms with E-state index in [0.717, 1.165) is 11.6 Å². The van der Waals surface area contributed by atoms with Crippen LogP contribution in [0.1, 0.15) is 11.3 Å². The number of halogens is 3. The summed E-state index contributed by atoms with van der Waals surface area (Å²) in [6.45, 7) is 2.77. The molecule has 2 rings (SSSR count). The Hall–Kier alpha value is -2.32. The highest BCUT2D eigenvalue weighted by Gasteiger charge is 2.33. The normalized spacial score (nSPS) is 11.6. The fraction of sp³-hybridized carbons (Fsp3) is 0.364. The van der Waals surface area contributed by atoms with Crippen LogP contribution in [0.4, 0.5) is 24.9 Å². The van der Waals surface area contributed by atoms with Crippen molar-refractivity contribution in [3.8, 4) is 0 Å². The summed E-state index contributed by atoms with van der Waals surface area (Å²) in [6.07, 6.45) is -1.02. The van der Waals surface area contributed by atoms with Crippen molar-refractivity contribution in [1.29, 1.82) is 0 Å². The molecule has 108 valence electrons. The number of nitrogen functional groups attached to an aromatic ring is 1. The number of hydrogen-bond donors (Lipinski definition) is 2. The fourth-order valence-electron chi connectivity index (χ4n) is 1.59. The summed E-state index contributed by atoms with van der Waals surface area (Å²) in [5.41, 5.74) is 5.21. The van der Waals surface area contributed by atoms with Crippen LogP contribution >= 0.6 is 0 Å². The van der Waals surface area contributed by atoms with Gasteiger partial charge in [-0.2, -0.15) is 23.3 Å². The number of aryl methyl sites for hydroxylation is 1. The zero-order valence-corrected chi connectivity index (χ0v) is 10.6. The molecule has 0 aliphatic rings. The second-order valence-electron chi connectivity index (χ2n) is 4.20. The summed E-state index contributed by atoms with van der Waals surface area (Å²) in [5, 5.41) is 6.82. The van der Waals surface area contributed by atoms with Gasteiger partial charge in [-0.3, -0.25) is 4.68 Å². The van der Waals surface area contributed by atoms with E-state index in [4.69, 9.17) is 5.73 Å². The number of rotatable bonds is 4. The maximum atomic E-state index is 12.6. The number of anilines is 2. The van der Waals surface area contributed by atoms with E-state index in [1.807, 2.05) is 13.1 Å². The molecule has 2 aromatic heterocycles. The van der Waals surface area contributed by atoms with Gasteiger partial charge in [0.2, 0.25) is 5.95 Å². The van der Waals surface area contributed by atoms with Gasteiger partial charge in [-0.1, -0.05) is 0 Å². The van der Waals surface area contributed by atoms with Gasteiger partial charge in [-0.15, -0.1) is 0 Å². The minimum Gasteiger partial charge on any atom is -0.368 e. The van der Waals surface area contributed by atoms with Crippen LogP contribution in [0.3, 0.4) is 0 Å². The molecule has 0 saturated heterocycles. The molecule has 0 aliphatic carbocycles. The quantitative estimate of drug-likeness (QED) is 0.894. The summed E-state index contributed by atoms with van der Waals surface area (Å²) >= 11 is 0. The largest absolute Gasteiger partial charge is 0.433 e. The highest BCUT2D eigenvalue weighted by Crippen LogP contribution is 2.29. The summed E-state index contributed by atoms with van der Waals surface area (Å²) in [5.74, 6) is -0.383. The van der Waals surface area contributed by atoms with Crippen molar-refractivity contribution in [2.24, 2.45) is 0 Å². The average molecular weight is 286 g/mol. The topological polar surface area (TPSA) is 81.7 Å². The number of nitrogens with one attached hydrogen (secondary N) is 1. The average Bonchev–Trinajstić information content (AvgIpc) is 2.73. The van der Waals surface area contributed by atoms with Gasteiger partial charge in [0, 0.05) is 18.8 Å². The molecule has 20 heavy (non-hydrogen) atoms. The van der Waals surface area contributed by atoms with E-state index in [0.29, 0.717) is 13.1 Å². The van der Waals surface area contributed by atoms with Gasteiger partial charge in [0.25, 0.3) is 0 Å². The van der Waals surface area contributed by atoms with E-state index >= 15 is 0 Å². The second kappa shape index (κ2) is 5.35. The number of hydrogen-bond acceptors (Lipinski definition) is 5. The molecule has 0 saturated carbocycles. The molecule has 0 bridgehead atoms. The molecule has 6 nitrogen and oxygen atoms in total. The lowest BCUT2D eigenvalue weighted by molar-refractivity contribution is -0.141. The maximum absolute atomic E-state index is 12.6. The van der Waals surface area contributed by atoms with Gasteiger partial charge in [-0.05, 0) is 12.5 Å². The third kappa shape index (κ3) is 3.59.